The Hall–Kier alpha value is -1.55. The molecule has 0 aliphatic carbocycles. The second-order valence-electron chi connectivity index (χ2n) is 3.75. The molecule has 0 amide bonds. The summed E-state index contributed by atoms with van der Waals surface area (Å²) in [5.41, 5.74) is 3.44. The molecule has 0 radical (unpaired) electrons. The first-order valence-electron chi connectivity index (χ1n) is 5.02. The van der Waals surface area contributed by atoms with E-state index in [1.165, 1.54) is 11.1 Å². The molecule has 1 heterocycles. The van der Waals surface area contributed by atoms with Crippen molar-refractivity contribution >= 4 is 11.6 Å². The van der Waals surface area contributed by atoms with Crippen LogP contribution in [0.4, 0.5) is 5.69 Å². The lowest BCUT2D eigenvalue weighted by atomic mass is 10.1. The van der Waals surface area contributed by atoms with Gasteiger partial charge in [-0.15, -0.1) is 0 Å². The van der Waals surface area contributed by atoms with Crippen LogP contribution in [-0.2, 0) is 0 Å². The molecular weight excluding hydrogens is 190 g/mol. The van der Waals surface area contributed by atoms with Crippen LogP contribution in [0.15, 0.2) is 23.2 Å². The molecule has 4 nitrogen and oxygen atoms in total. The Morgan fingerprint density at radius 2 is 2.13 bits per heavy atom. The van der Waals surface area contributed by atoms with Crippen molar-refractivity contribution in [2.75, 3.05) is 18.4 Å². The fourth-order valence-electron chi connectivity index (χ4n) is 1.49. The summed E-state index contributed by atoms with van der Waals surface area (Å²) in [6, 6.07) is 6.08. The number of aliphatic imine (C=N–C) groups is 1. The summed E-state index contributed by atoms with van der Waals surface area (Å²) in [5, 5.41) is 13.6. The van der Waals surface area contributed by atoms with Crippen LogP contribution in [0.25, 0.3) is 0 Å². The Morgan fingerprint density at radius 1 is 1.33 bits per heavy atom. The Morgan fingerprint density at radius 3 is 2.73 bits per heavy atom. The van der Waals surface area contributed by atoms with Gasteiger partial charge >= 0.3 is 0 Å². The van der Waals surface area contributed by atoms with Crippen LogP contribution >= 0.6 is 0 Å². The molecule has 0 aromatic heterocycles. The summed E-state index contributed by atoms with van der Waals surface area (Å²) in [5.74, 6) is 0.526. The van der Waals surface area contributed by atoms with Crippen molar-refractivity contribution in [2.24, 2.45) is 4.99 Å². The highest BCUT2D eigenvalue weighted by atomic mass is 16.5. The second-order valence-corrected chi connectivity index (χ2v) is 3.75. The third kappa shape index (κ3) is 2.10. The lowest BCUT2D eigenvalue weighted by Gasteiger charge is -2.14. The molecule has 2 rings (SSSR count). The zero-order valence-corrected chi connectivity index (χ0v) is 8.99. The van der Waals surface area contributed by atoms with Gasteiger partial charge in [-0.3, -0.25) is 5.21 Å². The van der Waals surface area contributed by atoms with E-state index >= 15 is 0 Å². The fourth-order valence-corrected chi connectivity index (χ4v) is 1.49. The fraction of sp³-hybridized carbons (Fsp3) is 0.364. The van der Waals surface area contributed by atoms with E-state index in [0.717, 1.165) is 10.8 Å². The number of hydrogen-bond donors (Lipinski definition) is 2. The maximum atomic E-state index is 9.41. The van der Waals surface area contributed by atoms with Crippen molar-refractivity contribution in [3.8, 4) is 0 Å². The normalized spacial score (nSPS) is 15.4. The van der Waals surface area contributed by atoms with E-state index in [9.17, 15) is 5.21 Å². The number of rotatable bonds is 1. The van der Waals surface area contributed by atoms with Crippen LogP contribution in [0, 0.1) is 13.8 Å². The third-order valence-electron chi connectivity index (χ3n) is 2.58. The maximum Gasteiger partial charge on any atom is 0.222 e. The minimum absolute atomic E-state index is 0.526. The molecule has 4 heteroatoms. The minimum Gasteiger partial charge on any atom is -0.324 e. The number of aryl methyl sites for hydroxylation is 2. The van der Waals surface area contributed by atoms with Gasteiger partial charge in [-0.05, 0) is 37.1 Å². The Labute approximate surface area is 89.2 Å². The molecule has 0 fully saturated rings. The minimum atomic E-state index is 0.526. The van der Waals surface area contributed by atoms with Crippen molar-refractivity contribution in [1.29, 1.82) is 0 Å². The smallest absolute Gasteiger partial charge is 0.222 e. The van der Waals surface area contributed by atoms with E-state index < -0.39 is 0 Å². The van der Waals surface area contributed by atoms with E-state index in [1.807, 2.05) is 12.1 Å². The lowest BCUT2D eigenvalue weighted by Crippen LogP contribution is -2.29. The molecule has 0 unspecified atom stereocenters. The first-order valence-corrected chi connectivity index (χ1v) is 5.02. The van der Waals surface area contributed by atoms with Gasteiger partial charge in [-0.1, -0.05) is 6.07 Å². The number of guanidine groups is 1. The molecular formula is C11H15N3O. The third-order valence-corrected chi connectivity index (χ3v) is 2.58. The molecule has 1 aliphatic heterocycles. The predicted octanol–water partition coefficient (Wildman–Crippen LogP) is 1.78. The number of hydroxylamine groups is 2. The Kier molecular flexibility index (Phi) is 2.60. The molecule has 1 aromatic carbocycles. The van der Waals surface area contributed by atoms with Crippen molar-refractivity contribution < 1.29 is 5.21 Å². The molecule has 0 saturated carbocycles. The molecule has 80 valence electrons. The molecule has 0 bridgehead atoms. The average molecular weight is 205 g/mol. The topological polar surface area (TPSA) is 47.9 Å². The highest BCUT2D eigenvalue weighted by Crippen LogP contribution is 2.15. The first kappa shape index (κ1) is 9.98. The van der Waals surface area contributed by atoms with Gasteiger partial charge in [-0.2, -0.15) is 0 Å². The standard InChI is InChI=1S/C11H15N3O/c1-8-3-4-10(7-9(8)2)13-11-12-5-6-14(11)15/h3-4,7,15H,5-6H2,1-2H3,(H,12,13). The van der Waals surface area contributed by atoms with Gasteiger partial charge in [0.15, 0.2) is 0 Å². The average Bonchev–Trinajstić information content (AvgIpc) is 2.59. The van der Waals surface area contributed by atoms with Gasteiger partial charge in [0.25, 0.3) is 0 Å². The number of nitrogens with zero attached hydrogens (tertiary/aromatic N) is 2. The Balaban J connectivity index is 2.14. The maximum absolute atomic E-state index is 9.41. The highest BCUT2D eigenvalue weighted by molar-refractivity contribution is 5.93. The van der Waals surface area contributed by atoms with Crippen LogP contribution in [0.1, 0.15) is 11.1 Å². The van der Waals surface area contributed by atoms with Gasteiger partial charge in [0.2, 0.25) is 5.96 Å². The summed E-state index contributed by atoms with van der Waals surface area (Å²) in [6.07, 6.45) is 0. The van der Waals surface area contributed by atoms with Crippen molar-refractivity contribution in [3.63, 3.8) is 0 Å². The van der Waals surface area contributed by atoms with E-state index in [2.05, 4.69) is 30.2 Å². The van der Waals surface area contributed by atoms with Crippen LogP contribution in [-0.4, -0.2) is 29.3 Å². The predicted molar refractivity (Wildman–Crippen MR) is 60.3 cm³/mol. The SMILES string of the molecule is Cc1ccc(NC2=NCCN2O)cc1C. The van der Waals surface area contributed by atoms with Gasteiger partial charge in [-0.25, -0.2) is 10.1 Å². The molecule has 0 spiro atoms. The quantitative estimate of drug-likeness (QED) is 0.734. The molecule has 0 saturated heterocycles. The monoisotopic (exact) mass is 205 g/mol. The van der Waals surface area contributed by atoms with Crippen LogP contribution in [0.5, 0.6) is 0 Å². The van der Waals surface area contributed by atoms with Crippen LogP contribution in [0.2, 0.25) is 0 Å². The largest absolute Gasteiger partial charge is 0.324 e. The summed E-state index contributed by atoms with van der Waals surface area (Å²) >= 11 is 0. The lowest BCUT2D eigenvalue weighted by molar-refractivity contribution is -0.00269. The zero-order valence-electron chi connectivity index (χ0n) is 8.99. The van der Waals surface area contributed by atoms with Gasteiger partial charge in [0.05, 0.1) is 13.1 Å². The van der Waals surface area contributed by atoms with E-state index in [4.69, 9.17) is 0 Å². The number of benzene rings is 1. The van der Waals surface area contributed by atoms with Gasteiger partial charge in [0, 0.05) is 5.69 Å². The number of nitrogens with one attached hydrogen (secondary N) is 1. The summed E-state index contributed by atoms with van der Waals surface area (Å²) < 4.78 is 0. The number of anilines is 1. The van der Waals surface area contributed by atoms with E-state index in [1.54, 1.807) is 0 Å². The zero-order chi connectivity index (χ0) is 10.8. The van der Waals surface area contributed by atoms with Crippen molar-refractivity contribution in [2.45, 2.75) is 13.8 Å². The van der Waals surface area contributed by atoms with Gasteiger partial charge in [0.1, 0.15) is 0 Å². The molecule has 1 aliphatic rings. The van der Waals surface area contributed by atoms with Crippen LogP contribution < -0.4 is 5.32 Å². The second kappa shape index (κ2) is 3.90. The molecule has 1 aromatic rings. The first-order chi connectivity index (χ1) is 7.16. The van der Waals surface area contributed by atoms with E-state index in [0.29, 0.717) is 19.0 Å². The number of hydrogen-bond acceptors (Lipinski definition) is 4. The Bertz CT molecular complexity index is 401. The van der Waals surface area contributed by atoms with E-state index in [-0.39, 0.29) is 0 Å². The van der Waals surface area contributed by atoms with Gasteiger partial charge < -0.3 is 5.32 Å². The van der Waals surface area contributed by atoms with Crippen molar-refractivity contribution in [3.05, 3.63) is 29.3 Å². The summed E-state index contributed by atoms with van der Waals surface area (Å²) in [7, 11) is 0. The molecule has 2 N–H and O–H groups in total. The molecule has 15 heavy (non-hydrogen) atoms. The summed E-state index contributed by atoms with van der Waals surface area (Å²) in [4.78, 5) is 4.15. The van der Waals surface area contributed by atoms with Crippen LogP contribution in [0.3, 0.4) is 0 Å². The molecule has 0 atom stereocenters. The highest BCUT2D eigenvalue weighted by Gasteiger charge is 2.14. The van der Waals surface area contributed by atoms with Crippen molar-refractivity contribution in [1.82, 2.24) is 5.06 Å². The summed E-state index contributed by atoms with van der Waals surface area (Å²) in [6.45, 7) is 5.34.